The van der Waals surface area contributed by atoms with Gasteiger partial charge in [0.2, 0.25) is 11.8 Å². The lowest BCUT2D eigenvalue weighted by molar-refractivity contribution is -0.130. The van der Waals surface area contributed by atoms with Gasteiger partial charge in [-0.05, 0) is 42.6 Å². The van der Waals surface area contributed by atoms with Gasteiger partial charge in [0, 0.05) is 0 Å². The Balaban J connectivity index is 2.87. The Kier molecular flexibility index (Phi) is 13.4. The van der Waals surface area contributed by atoms with Gasteiger partial charge >= 0.3 is 13.2 Å². The minimum atomic E-state index is -1.72. The van der Waals surface area contributed by atoms with E-state index >= 15 is 0 Å². The number of ether oxygens (including phenoxy) is 1. The highest BCUT2D eigenvalue weighted by Gasteiger charge is 2.32. The first-order chi connectivity index (χ1) is 16.4. The minimum absolute atomic E-state index is 0.0712. The van der Waals surface area contributed by atoms with Gasteiger partial charge < -0.3 is 30.7 Å². The van der Waals surface area contributed by atoms with Crippen LogP contribution in [0.4, 0.5) is 4.79 Å². The molecule has 0 radical (unpaired) electrons. The fraction of sp³-hybridized carbons (Fsp3) is 0.640. The van der Waals surface area contributed by atoms with E-state index in [9.17, 15) is 24.4 Å². The van der Waals surface area contributed by atoms with Gasteiger partial charge in [0.1, 0.15) is 18.7 Å². The molecular formula is C25H42BN3O6. The number of hydrogen-bond donors (Lipinski definition) is 5. The molecule has 3 unspecified atom stereocenters. The summed E-state index contributed by atoms with van der Waals surface area (Å²) in [4.78, 5) is 38.5. The van der Waals surface area contributed by atoms with Crippen LogP contribution >= 0.6 is 0 Å². The van der Waals surface area contributed by atoms with Crippen molar-refractivity contribution >= 4 is 25.0 Å². The summed E-state index contributed by atoms with van der Waals surface area (Å²) in [5.74, 6) is -1.55. The van der Waals surface area contributed by atoms with Crippen LogP contribution < -0.4 is 16.0 Å². The van der Waals surface area contributed by atoms with E-state index in [2.05, 4.69) is 16.0 Å². The van der Waals surface area contributed by atoms with Crippen LogP contribution in [0, 0.1) is 17.8 Å². The molecule has 0 heterocycles. The molecule has 0 aliphatic heterocycles. The van der Waals surface area contributed by atoms with Crippen LogP contribution in [0.15, 0.2) is 30.3 Å². The zero-order chi connectivity index (χ0) is 26.5. The maximum Gasteiger partial charge on any atom is 0.475 e. The summed E-state index contributed by atoms with van der Waals surface area (Å²) in [6.45, 7) is 11.6. The molecule has 3 amide bonds. The van der Waals surface area contributed by atoms with Gasteiger partial charge in [-0.25, -0.2) is 4.79 Å². The second kappa shape index (κ2) is 15.4. The summed E-state index contributed by atoms with van der Waals surface area (Å²) < 4.78 is 5.26. The summed E-state index contributed by atoms with van der Waals surface area (Å²) in [6.07, 6.45) is 0.352. The van der Waals surface area contributed by atoms with Gasteiger partial charge in [0.05, 0.1) is 5.94 Å². The van der Waals surface area contributed by atoms with Crippen molar-refractivity contribution in [2.24, 2.45) is 17.8 Å². The molecular weight excluding hydrogens is 449 g/mol. The van der Waals surface area contributed by atoms with E-state index in [1.165, 1.54) is 0 Å². The summed E-state index contributed by atoms with van der Waals surface area (Å²) in [5, 5.41) is 27.3. The summed E-state index contributed by atoms with van der Waals surface area (Å²) in [7, 11) is -1.72. The van der Waals surface area contributed by atoms with Gasteiger partial charge in [-0.1, -0.05) is 71.9 Å². The van der Waals surface area contributed by atoms with Gasteiger partial charge in [-0.3, -0.25) is 9.59 Å². The third-order valence-corrected chi connectivity index (χ3v) is 5.28. The van der Waals surface area contributed by atoms with Crippen LogP contribution in [-0.2, 0) is 20.9 Å². The highest BCUT2D eigenvalue weighted by Crippen LogP contribution is 2.11. The van der Waals surface area contributed by atoms with Gasteiger partial charge in [0.25, 0.3) is 0 Å². The predicted molar refractivity (Wildman–Crippen MR) is 136 cm³/mol. The van der Waals surface area contributed by atoms with Crippen molar-refractivity contribution in [1.82, 2.24) is 16.0 Å². The Morgan fingerprint density at radius 2 is 1.26 bits per heavy atom. The molecule has 0 saturated heterocycles. The number of hydrogen-bond acceptors (Lipinski definition) is 6. The fourth-order valence-corrected chi connectivity index (χ4v) is 3.63. The third-order valence-electron chi connectivity index (χ3n) is 5.28. The minimum Gasteiger partial charge on any atom is -0.445 e. The normalized spacial score (nSPS) is 13.8. The fourth-order valence-electron chi connectivity index (χ4n) is 3.63. The number of nitrogens with one attached hydrogen (secondary N) is 3. The topological polar surface area (TPSA) is 137 Å². The van der Waals surface area contributed by atoms with Crippen LogP contribution in [0.3, 0.4) is 0 Å². The smallest absolute Gasteiger partial charge is 0.445 e. The molecule has 0 aliphatic rings. The van der Waals surface area contributed by atoms with Gasteiger partial charge in [-0.15, -0.1) is 0 Å². The average Bonchev–Trinajstić information content (AvgIpc) is 2.76. The highest BCUT2D eigenvalue weighted by atomic mass is 16.5. The van der Waals surface area contributed by atoms with Crippen molar-refractivity contribution in [3.63, 3.8) is 0 Å². The molecule has 196 valence electrons. The molecule has 1 aromatic rings. The molecule has 0 fully saturated rings. The molecule has 5 N–H and O–H groups in total. The first kappa shape index (κ1) is 30.4. The molecule has 0 saturated carbocycles. The molecule has 35 heavy (non-hydrogen) atoms. The molecule has 0 aliphatic carbocycles. The number of carbonyl (C=O) groups is 3. The molecule has 10 heteroatoms. The van der Waals surface area contributed by atoms with E-state index < -0.39 is 43.1 Å². The molecule has 1 rings (SSSR count). The highest BCUT2D eigenvalue weighted by molar-refractivity contribution is 6.43. The second-order valence-corrected chi connectivity index (χ2v) is 10.2. The van der Waals surface area contributed by atoms with Crippen LogP contribution in [0.5, 0.6) is 0 Å². The summed E-state index contributed by atoms with van der Waals surface area (Å²) in [6, 6.07) is 7.42. The first-order valence-corrected chi connectivity index (χ1v) is 12.3. The second-order valence-electron chi connectivity index (χ2n) is 10.2. The van der Waals surface area contributed by atoms with Crippen molar-refractivity contribution in [1.29, 1.82) is 0 Å². The monoisotopic (exact) mass is 491 g/mol. The van der Waals surface area contributed by atoms with E-state index in [1.807, 2.05) is 71.9 Å². The lowest BCUT2D eigenvalue weighted by atomic mass is 9.75. The first-order valence-electron chi connectivity index (χ1n) is 12.3. The largest absolute Gasteiger partial charge is 0.475 e. The zero-order valence-corrected chi connectivity index (χ0v) is 21.8. The van der Waals surface area contributed by atoms with Crippen LogP contribution in [0.25, 0.3) is 0 Å². The number of carbonyl (C=O) groups excluding carboxylic acids is 3. The standard InChI is InChI=1S/C25H42BN3O6/c1-16(2)12-20(24(31)29-22(26(33)34)14-18(5)6)27-23(30)21(13-17(3)4)28-25(32)35-15-19-10-8-7-9-11-19/h7-11,16-18,20-22,33-34H,12-15H2,1-6H3,(H,27,30)(H,28,32)(H,29,31). The maximum absolute atomic E-state index is 13.1. The molecule has 0 aromatic heterocycles. The molecule has 3 atom stereocenters. The van der Waals surface area contributed by atoms with Crippen molar-refractivity contribution < 1.29 is 29.2 Å². The van der Waals surface area contributed by atoms with Gasteiger partial charge in [0.15, 0.2) is 0 Å². The van der Waals surface area contributed by atoms with Gasteiger partial charge in [-0.2, -0.15) is 0 Å². The lowest BCUT2D eigenvalue weighted by Crippen LogP contribution is -2.57. The van der Waals surface area contributed by atoms with Crippen molar-refractivity contribution in [3.05, 3.63) is 35.9 Å². The van der Waals surface area contributed by atoms with E-state index in [0.29, 0.717) is 19.3 Å². The van der Waals surface area contributed by atoms with Crippen molar-refractivity contribution in [3.8, 4) is 0 Å². The predicted octanol–water partition coefficient (Wildman–Crippen LogP) is 2.40. The molecule has 0 spiro atoms. The number of rotatable bonds is 14. The molecule has 1 aromatic carbocycles. The van der Waals surface area contributed by atoms with E-state index in [1.54, 1.807) is 0 Å². The Hall–Kier alpha value is -2.59. The van der Waals surface area contributed by atoms with Crippen LogP contribution in [0.2, 0.25) is 0 Å². The zero-order valence-electron chi connectivity index (χ0n) is 21.8. The van der Waals surface area contributed by atoms with Crippen LogP contribution in [0.1, 0.15) is 66.4 Å². The van der Waals surface area contributed by atoms with E-state index in [4.69, 9.17) is 4.74 Å². The Morgan fingerprint density at radius 1 is 0.771 bits per heavy atom. The SMILES string of the molecule is CC(C)CC(NC(=O)C(CC(C)C)NC(=O)C(CC(C)C)NC(=O)OCc1ccccc1)B(O)O. The number of amides is 3. The Bertz CT molecular complexity index is 789. The average molecular weight is 491 g/mol. The third kappa shape index (κ3) is 12.6. The van der Waals surface area contributed by atoms with Crippen LogP contribution in [-0.4, -0.2) is 53.1 Å². The molecule has 9 nitrogen and oxygen atoms in total. The summed E-state index contributed by atoms with van der Waals surface area (Å²) >= 11 is 0. The van der Waals surface area contributed by atoms with Crippen molar-refractivity contribution in [2.45, 2.75) is 85.4 Å². The number of alkyl carbamates (subject to hydrolysis) is 1. The number of benzene rings is 1. The quantitative estimate of drug-likeness (QED) is 0.254. The van der Waals surface area contributed by atoms with E-state index in [-0.39, 0.29) is 24.4 Å². The van der Waals surface area contributed by atoms with Crippen molar-refractivity contribution in [2.75, 3.05) is 0 Å². The Labute approximate surface area is 209 Å². The lowest BCUT2D eigenvalue weighted by Gasteiger charge is -2.27. The Morgan fingerprint density at radius 3 is 1.74 bits per heavy atom. The van der Waals surface area contributed by atoms with E-state index in [0.717, 1.165) is 5.56 Å². The molecule has 0 bridgehead atoms. The maximum atomic E-state index is 13.1. The summed E-state index contributed by atoms with van der Waals surface area (Å²) in [5.41, 5.74) is 0.822.